The smallest absolute Gasteiger partial charge is 0.249 e. The quantitative estimate of drug-likeness (QED) is 0.660. The van der Waals surface area contributed by atoms with Gasteiger partial charge in [-0.25, -0.2) is 9.29 Å². The summed E-state index contributed by atoms with van der Waals surface area (Å²) in [4.78, 5) is 18.4. The van der Waals surface area contributed by atoms with Crippen molar-refractivity contribution in [1.82, 2.24) is 14.3 Å². The zero-order valence-electron chi connectivity index (χ0n) is 14.6. The molecule has 0 radical (unpaired) electrons. The van der Waals surface area contributed by atoms with Crippen molar-refractivity contribution in [3.05, 3.63) is 64.6 Å². The van der Waals surface area contributed by atoms with Crippen molar-refractivity contribution in [2.75, 3.05) is 0 Å². The Morgan fingerprint density at radius 3 is 2.52 bits per heavy atom. The van der Waals surface area contributed by atoms with Gasteiger partial charge < -0.3 is 9.54 Å². The highest BCUT2D eigenvalue weighted by atomic mass is 35.5. The van der Waals surface area contributed by atoms with Crippen LogP contribution in [0.15, 0.2) is 53.5 Å². The standard InChI is InChI=1S/C19H19N3O3S.ClH/c1-12(22(26(24)25)15-6-7-15)13-2-4-14(5-3-13)16-10-11-20-19-17(16)8-9-18(23)21-19;/h2-5,8-12,15H,6-7H2,1H3,(H,24,25)(H,20,21,23);1H/p-1/t12-;/m1./s1. The fraction of sp³-hybridized carbons (Fsp3) is 0.263. The van der Waals surface area contributed by atoms with Crippen molar-refractivity contribution in [3.63, 3.8) is 0 Å². The van der Waals surface area contributed by atoms with Crippen molar-refractivity contribution in [3.8, 4) is 11.1 Å². The molecular formula is C19H19ClN3O3S-. The van der Waals surface area contributed by atoms with Gasteiger partial charge in [-0.2, -0.15) is 0 Å². The third kappa shape index (κ3) is 3.96. The van der Waals surface area contributed by atoms with E-state index >= 15 is 0 Å². The van der Waals surface area contributed by atoms with Crippen molar-refractivity contribution >= 4 is 34.7 Å². The Hall–Kier alpha value is -2.06. The van der Waals surface area contributed by atoms with E-state index in [1.54, 1.807) is 16.6 Å². The number of H-pyrrole nitrogens is 1. The molecule has 0 saturated heterocycles. The van der Waals surface area contributed by atoms with Crippen LogP contribution in [-0.2, 0) is 11.3 Å². The molecule has 2 heterocycles. The summed E-state index contributed by atoms with van der Waals surface area (Å²) in [5.74, 6) is 0. The fourth-order valence-corrected chi connectivity index (χ4v) is 4.13. The minimum Gasteiger partial charge on any atom is -0.760 e. The van der Waals surface area contributed by atoms with E-state index in [0.29, 0.717) is 5.65 Å². The first-order valence-electron chi connectivity index (χ1n) is 8.50. The van der Waals surface area contributed by atoms with Crippen LogP contribution in [0.3, 0.4) is 0 Å². The molecule has 1 aliphatic carbocycles. The zero-order valence-corrected chi connectivity index (χ0v) is 16.3. The van der Waals surface area contributed by atoms with Gasteiger partial charge >= 0.3 is 0 Å². The number of rotatable bonds is 5. The topological polar surface area (TPSA) is 89.1 Å². The molecule has 3 aromatic rings. The fourth-order valence-electron chi connectivity index (χ4n) is 3.29. The number of hydrogen-bond donors (Lipinski definition) is 1. The third-order valence-electron chi connectivity index (χ3n) is 4.80. The van der Waals surface area contributed by atoms with Gasteiger partial charge in [-0.1, -0.05) is 24.3 Å². The number of hydrogen-bond acceptors (Lipinski definition) is 4. The second-order valence-corrected chi connectivity index (χ2v) is 7.41. The summed E-state index contributed by atoms with van der Waals surface area (Å²) in [5.41, 5.74) is 3.28. The number of halogens is 1. The van der Waals surface area contributed by atoms with Gasteiger partial charge in [-0.05, 0) is 48.6 Å². The minimum atomic E-state index is -2.22. The predicted octanol–water partition coefficient (Wildman–Crippen LogP) is 3.33. The Bertz CT molecular complexity index is 1030. The lowest BCUT2D eigenvalue weighted by Gasteiger charge is -2.30. The number of fused-ring (bicyclic) bond motifs is 1. The second kappa shape index (κ2) is 7.90. The second-order valence-electron chi connectivity index (χ2n) is 6.55. The molecule has 2 aromatic heterocycles. The average Bonchev–Trinajstić information content (AvgIpc) is 3.45. The molecule has 27 heavy (non-hydrogen) atoms. The number of pyridine rings is 2. The molecule has 0 amide bonds. The van der Waals surface area contributed by atoms with Gasteiger partial charge in [-0.15, -0.1) is 12.4 Å². The summed E-state index contributed by atoms with van der Waals surface area (Å²) in [5, 5.41) is 0.869. The van der Waals surface area contributed by atoms with E-state index in [2.05, 4.69) is 9.97 Å². The molecule has 1 N–H and O–H groups in total. The molecule has 142 valence electrons. The first-order valence-corrected chi connectivity index (χ1v) is 9.54. The van der Waals surface area contributed by atoms with Crippen LogP contribution in [0.5, 0.6) is 0 Å². The highest BCUT2D eigenvalue weighted by Gasteiger charge is 2.33. The Kier molecular flexibility index (Phi) is 5.76. The minimum absolute atomic E-state index is 0. The summed E-state index contributed by atoms with van der Waals surface area (Å²) in [6.07, 6.45) is 3.52. The summed E-state index contributed by atoms with van der Waals surface area (Å²) >= 11 is -2.22. The van der Waals surface area contributed by atoms with E-state index in [4.69, 9.17) is 0 Å². The van der Waals surface area contributed by atoms with E-state index in [-0.39, 0.29) is 30.0 Å². The van der Waals surface area contributed by atoms with Gasteiger partial charge in [0.1, 0.15) is 5.65 Å². The first kappa shape index (κ1) is 19.7. The third-order valence-corrected chi connectivity index (χ3v) is 5.76. The van der Waals surface area contributed by atoms with Crippen LogP contribution in [0, 0.1) is 0 Å². The van der Waals surface area contributed by atoms with Crippen LogP contribution in [0.4, 0.5) is 0 Å². The van der Waals surface area contributed by atoms with E-state index < -0.39 is 11.3 Å². The summed E-state index contributed by atoms with van der Waals surface area (Å²) in [6, 6.07) is 13.0. The number of nitrogens with one attached hydrogen (secondary N) is 1. The SMILES string of the molecule is C[C@H](c1ccc(-c2ccnc3[nH]c(=O)ccc23)cc1)N(C1CC1)S(=O)[O-].Cl. The zero-order chi connectivity index (χ0) is 18.3. The lowest BCUT2D eigenvalue weighted by Crippen LogP contribution is -2.31. The number of nitrogens with zero attached hydrogens (tertiary/aromatic N) is 2. The van der Waals surface area contributed by atoms with E-state index in [1.165, 1.54) is 6.07 Å². The molecule has 2 atom stereocenters. The van der Waals surface area contributed by atoms with Gasteiger partial charge in [0, 0.05) is 41.0 Å². The number of aromatic nitrogens is 2. The first-order chi connectivity index (χ1) is 12.5. The largest absolute Gasteiger partial charge is 0.760 e. The molecule has 0 aliphatic heterocycles. The van der Waals surface area contributed by atoms with Crippen molar-refractivity contribution < 1.29 is 8.76 Å². The van der Waals surface area contributed by atoms with E-state index in [0.717, 1.165) is 34.9 Å². The number of benzene rings is 1. The maximum atomic E-state index is 11.5. The Morgan fingerprint density at radius 1 is 1.19 bits per heavy atom. The van der Waals surface area contributed by atoms with Crippen LogP contribution in [0.25, 0.3) is 22.2 Å². The summed E-state index contributed by atoms with van der Waals surface area (Å²) < 4.78 is 24.6. The Labute approximate surface area is 165 Å². The maximum Gasteiger partial charge on any atom is 0.249 e. The van der Waals surface area contributed by atoms with Crippen molar-refractivity contribution in [1.29, 1.82) is 0 Å². The average molecular weight is 405 g/mol. The molecule has 1 fully saturated rings. The molecule has 1 aliphatic rings. The van der Waals surface area contributed by atoms with E-state index in [9.17, 15) is 13.6 Å². The predicted molar refractivity (Wildman–Crippen MR) is 107 cm³/mol. The lowest BCUT2D eigenvalue weighted by molar-refractivity contribution is 0.320. The normalized spacial score (nSPS) is 16.1. The molecule has 8 heteroatoms. The molecule has 1 aromatic carbocycles. The van der Waals surface area contributed by atoms with Crippen LogP contribution < -0.4 is 5.56 Å². The van der Waals surface area contributed by atoms with Gasteiger partial charge in [0.25, 0.3) is 0 Å². The van der Waals surface area contributed by atoms with Crippen LogP contribution in [0.2, 0.25) is 0 Å². The molecule has 0 spiro atoms. The van der Waals surface area contributed by atoms with Gasteiger partial charge in [0.2, 0.25) is 5.56 Å². The van der Waals surface area contributed by atoms with Crippen LogP contribution in [-0.4, -0.2) is 29.1 Å². The van der Waals surface area contributed by atoms with E-state index in [1.807, 2.05) is 37.3 Å². The highest BCUT2D eigenvalue weighted by Crippen LogP contribution is 2.36. The van der Waals surface area contributed by atoms with Crippen LogP contribution >= 0.6 is 12.4 Å². The van der Waals surface area contributed by atoms with Crippen molar-refractivity contribution in [2.24, 2.45) is 0 Å². The maximum absolute atomic E-state index is 11.5. The molecule has 0 bridgehead atoms. The molecule has 4 rings (SSSR count). The van der Waals surface area contributed by atoms with Gasteiger partial charge in [0.05, 0.1) is 0 Å². The molecular weight excluding hydrogens is 386 g/mol. The Balaban J connectivity index is 0.00000210. The lowest BCUT2D eigenvalue weighted by atomic mass is 9.99. The molecule has 6 nitrogen and oxygen atoms in total. The van der Waals surface area contributed by atoms with Gasteiger partial charge in [-0.3, -0.25) is 9.00 Å². The summed E-state index contributed by atoms with van der Waals surface area (Å²) in [7, 11) is 0. The van der Waals surface area contributed by atoms with Gasteiger partial charge in [0.15, 0.2) is 0 Å². The highest BCUT2D eigenvalue weighted by molar-refractivity contribution is 7.76. The van der Waals surface area contributed by atoms with Crippen molar-refractivity contribution in [2.45, 2.75) is 31.8 Å². The Morgan fingerprint density at radius 2 is 1.89 bits per heavy atom. The summed E-state index contributed by atoms with van der Waals surface area (Å²) in [6.45, 7) is 1.91. The molecule has 1 unspecified atom stereocenters. The molecule has 1 saturated carbocycles. The monoisotopic (exact) mass is 404 g/mol. The van der Waals surface area contributed by atoms with Crippen LogP contribution in [0.1, 0.15) is 31.4 Å². The number of aromatic amines is 1.